The third-order valence-electron chi connectivity index (χ3n) is 21.7. The van der Waals surface area contributed by atoms with Crippen molar-refractivity contribution in [3.63, 3.8) is 0 Å². The van der Waals surface area contributed by atoms with Gasteiger partial charge in [0, 0.05) is 78.8 Å². The smallest absolute Gasteiger partial charge is 0.0725 e. The fourth-order valence-corrected chi connectivity index (χ4v) is 17.3. The van der Waals surface area contributed by atoms with Crippen LogP contribution >= 0.6 is 0 Å². The molecule has 2 heterocycles. The van der Waals surface area contributed by atoms with Crippen LogP contribution in [0.15, 0.2) is 376 Å². The van der Waals surface area contributed by atoms with Crippen LogP contribution in [-0.2, 0) is 11.8 Å². The number of allylic oxidation sites excluding steroid dienone is 1. The highest BCUT2D eigenvalue weighted by Gasteiger charge is 2.53. The standard InChI is InChI=1S/C97H66N4/c1-7-25-71(26-8-1)98(72-27-9-2-10-28-72)77-53-45-65(46-54-77)79-39-23-41-89-95(79)85-61-67(69-49-57-83-81-37-19-21-43-91(81)100(93(83)63-69)75-33-15-5-16-34-75)51-59-87(85)97(89)88-60-52-68(70-50-58-84-82-38-20-22-44-92(82)101(94(84)64-70)76-35-17-6-18-36-76)62-86(88)96-80(40-24-42-90(96)97)66-47-55-78(56-48-66)99(73-29-11-3-12-30-73)74-31-13-4-14-32-74/h1-63,70H,64H2. The third-order valence-corrected chi connectivity index (χ3v) is 21.7. The van der Waals surface area contributed by atoms with E-state index in [0.717, 1.165) is 51.8 Å². The molecule has 474 valence electrons. The molecule has 2 unspecified atom stereocenters. The molecule has 0 aliphatic heterocycles. The summed E-state index contributed by atoms with van der Waals surface area (Å²) in [5.41, 5.74) is 33.1. The van der Waals surface area contributed by atoms with Crippen LogP contribution in [-0.4, -0.2) is 9.13 Å². The molecule has 0 bridgehead atoms. The van der Waals surface area contributed by atoms with Gasteiger partial charge in [-0.25, -0.2) is 0 Å². The first kappa shape index (κ1) is 58.2. The second-order valence-electron chi connectivity index (χ2n) is 27.0. The van der Waals surface area contributed by atoms with E-state index in [4.69, 9.17) is 0 Å². The van der Waals surface area contributed by atoms with Crippen LogP contribution in [0, 0.1) is 0 Å². The molecular formula is C97H66N4. The van der Waals surface area contributed by atoms with Crippen molar-refractivity contribution in [2.24, 2.45) is 0 Å². The minimum atomic E-state index is -0.702. The summed E-state index contributed by atoms with van der Waals surface area (Å²) in [4.78, 5) is 4.70. The van der Waals surface area contributed by atoms with Gasteiger partial charge < -0.3 is 18.9 Å². The zero-order chi connectivity index (χ0) is 66.5. The van der Waals surface area contributed by atoms with Gasteiger partial charge >= 0.3 is 0 Å². The predicted octanol–water partition coefficient (Wildman–Crippen LogP) is 25.4. The Hall–Kier alpha value is -13.0. The Morgan fingerprint density at radius 2 is 0.683 bits per heavy atom. The van der Waals surface area contributed by atoms with Gasteiger partial charge in [-0.3, -0.25) is 0 Å². The molecule has 2 atom stereocenters. The number of rotatable bonds is 12. The lowest BCUT2D eigenvalue weighted by Gasteiger charge is -2.31. The molecule has 0 fully saturated rings. The first-order valence-corrected chi connectivity index (χ1v) is 35.2. The molecule has 0 radical (unpaired) electrons. The molecule has 4 nitrogen and oxygen atoms in total. The number of nitrogens with zero attached hydrogens (tertiary/aromatic N) is 4. The van der Waals surface area contributed by atoms with Crippen LogP contribution in [0.1, 0.15) is 45.0 Å². The van der Waals surface area contributed by atoms with E-state index in [1.807, 2.05) is 0 Å². The van der Waals surface area contributed by atoms with E-state index in [9.17, 15) is 0 Å². The van der Waals surface area contributed by atoms with Crippen LogP contribution in [0.2, 0.25) is 0 Å². The Morgan fingerprint density at radius 1 is 0.277 bits per heavy atom. The number of benzene rings is 15. The zero-order valence-electron chi connectivity index (χ0n) is 55.4. The van der Waals surface area contributed by atoms with Gasteiger partial charge in [0.1, 0.15) is 0 Å². The molecule has 17 aromatic rings. The number of hydrogen-bond acceptors (Lipinski definition) is 2. The van der Waals surface area contributed by atoms with Crippen LogP contribution in [0.4, 0.5) is 34.1 Å². The molecule has 0 saturated heterocycles. The van der Waals surface area contributed by atoms with Gasteiger partial charge in [-0.15, -0.1) is 0 Å². The van der Waals surface area contributed by atoms with E-state index in [1.54, 1.807) is 0 Å². The van der Waals surface area contributed by atoms with Gasteiger partial charge in [0.15, 0.2) is 0 Å². The average molecular weight is 1290 g/mol. The molecule has 3 aliphatic rings. The number of para-hydroxylation sites is 8. The molecule has 0 N–H and O–H groups in total. The molecule has 20 rings (SSSR count). The van der Waals surface area contributed by atoms with Gasteiger partial charge in [0.2, 0.25) is 0 Å². The lowest BCUT2D eigenvalue weighted by Crippen LogP contribution is -2.26. The Bertz CT molecular complexity index is 6000. The summed E-state index contributed by atoms with van der Waals surface area (Å²) in [5, 5.41) is 3.76. The molecule has 3 aliphatic carbocycles. The van der Waals surface area contributed by atoms with Gasteiger partial charge in [0.25, 0.3) is 0 Å². The van der Waals surface area contributed by atoms with E-state index in [2.05, 4.69) is 401 Å². The Morgan fingerprint density at radius 3 is 1.22 bits per heavy atom. The summed E-state index contributed by atoms with van der Waals surface area (Å²) in [5.74, 6) is 0.117. The number of hydrogen-bond donors (Lipinski definition) is 0. The quantitative estimate of drug-likeness (QED) is 0.121. The second-order valence-corrected chi connectivity index (χ2v) is 27.0. The van der Waals surface area contributed by atoms with Crippen molar-refractivity contribution in [1.29, 1.82) is 0 Å². The summed E-state index contributed by atoms with van der Waals surface area (Å²) >= 11 is 0. The lowest BCUT2D eigenvalue weighted by atomic mass is 9.70. The molecule has 15 aromatic carbocycles. The molecule has 0 saturated carbocycles. The SMILES string of the molecule is C1=CC(c2ccc3c(c2)-c2c(-c4ccc(N(c5ccccc5)c5ccccc5)cc4)cccc2C32c3ccc(-c4ccc5c6ccccc6n(-c6ccccc6)c5c4)cc3-c3c(-c4ccc(N(c5ccccc5)c5ccccc5)cc4)cccc32)Cc2c1c1ccccc1n2-c1ccccc1. The maximum absolute atomic E-state index is 2.59. The van der Waals surface area contributed by atoms with E-state index in [-0.39, 0.29) is 5.92 Å². The van der Waals surface area contributed by atoms with Crippen molar-refractivity contribution in [1.82, 2.24) is 9.13 Å². The molecule has 4 heteroatoms. The average Bonchev–Trinajstić information content (AvgIpc) is 1.50. The number of fused-ring (bicyclic) bond motifs is 16. The van der Waals surface area contributed by atoms with E-state index < -0.39 is 5.41 Å². The Kier molecular flexibility index (Phi) is 13.6. The maximum Gasteiger partial charge on any atom is 0.0725 e. The van der Waals surface area contributed by atoms with E-state index >= 15 is 0 Å². The number of anilines is 6. The molecule has 2 aromatic heterocycles. The van der Waals surface area contributed by atoms with Gasteiger partial charge in [-0.1, -0.05) is 261 Å². The first-order valence-electron chi connectivity index (χ1n) is 35.2. The van der Waals surface area contributed by atoms with Crippen molar-refractivity contribution in [3.8, 4) is 67.0 Å². The van der Waals surface area contributed by atoms with Crippen molar-refractivity contribution in [3.05, 3.63) is 415 Å². The summed E-state index contributed by atoms with van der Waals surface area (Å²) in [6, 6.07) is 137. The monoisotopic (exact) mass is 1290 g/mol. The van der Waals surface area contributed by atoms with Crippen molar-refractivity contribution < 1.29 is 0 Å². The van der Waals surface area contributed by atoms with E-state index in [0.29, 0.717) is 0 Å². The normalized spacial score (nSPS) is 14.6. The minimum absolute atomic E-state index is 0.117. The first-order chi connectivity index (χ1) is 50.1. The largest absolute Gasteiger partial charge is 0.313 e. The van der Waals surface area contributed by atoms with Crippen LogP contribution in [0.5, 0.6) is 0 Å². The van der Waals surface area contributed by atoms with Crippen LogP contribution < -0.4 is 9.80 Å². The Labute approximate surface area is 588 Å². The topological polar surface area (TPSA) is 16.3 Å². The predicted molar refractivity (Wildman–Crippen MR) is 422 cm³/mol. The molecule has 0 amide bonds. The highest BCUT2D eigenvalue weighted by molar-refractivity contribution is 6.11. The van der Waals surface area contributed by atoms with Crippen LogP contribution in [0.25, 0.3) is 106 Å². The highest BCUT2D eigenvalue weighted by atomic mass is 15.1. The minimum Gasteiger partial charge on any atom is -0.313 e. The fraction of sp³-hybridized carbons (Fsp3) is 0.0309. The van der Waals surface area contributed by atoms with Gasteiger partial charge in [0.05, 0.1) is 22.0 Å². The number of aromatic nitrogens is 2. The van der Waals surface area contributed by atoms with E-state index in [1.165, 1.54) is 128 Å². The summed E-state index contributed by atoms with van der Waals surface area (Å²) in [6.45, 7) is 0. The highest BCUT2D eigenvalue weighted by Crippen LogP contribution is 2.66. The lowest BCUT2D eigenvalue weighted by molar-refractivity contribution is 0.775. The van der Waals surface area contributed by atoms with Crippen molar-refractivity contribution in [2.45, 2.75) is 17.8 Å². The Balaban J connectivity index is 0.807. The summed E-state index contributed by atoms with van der Waals surface area (Å²) in [6.07, 6.45) is 5.74. The molecule has 101 heavy (non-hydrogen) atoms. The summed E-state index contributed by atoms with van der Waals surface area (Å²) < 4.78 is 4.94. The van der Waals surface area contributed by atoms with Crippen molar-refractivity contribution >= 4 is 72.9 Å². The van der Waals surface area contributed by atoms with Crippen molar-refractivity contribution in [2.75, 3.05) is 9.80 Å². The zero-order valence-corrected chi connectivity index (χ0v) is 55.4. The van der Waals surface area contributed by atoms with Crippen LogP contribution in [0.3, 0.4) is 0 Å². The fourth-order valence-electron chi connectivity index (χ4n) is 17.3. The molecular weight excluding hydrogens is 1220 g/mol. The van der Waals surface area contributed by atoms with Gasteiger partial charge in [-0.2, -0.15) is 0 Å². The maximum atomic E-state index is 2.59. The molecule has 1 spiro atoms. The summed E-state index contributed by atoms with van der Waals surface area (Å²) in [7, 11) is 0. The van der Waals surface area contributed by atoms with Gasteiger partial charge in [-0.05, 0) is 211 Å². The third kappa shape index (κ3) is 9.22. The second kappa shape index (κ2) is 23.6.